The Morgan fingerprint density at radius 2 is 1.58 bits per heavy atom. The van der Waals surface area contributed by atoms with E-state index in [0.29, 0.717) is 5.57 Å². The molecule has 0 atom stereocenters. The fourth-order valence-corrected chi connectivity index (χ4v) is 3.53. The largest absolute Gasteiger partial charge is 0.372 e. The Morgan fingerprint density at radius 3 is 2.27 bits per heavy atom. The number of hydrogen-bond acceptors (Lipinski definition) is 3. The standard InChI is InChI=1S/C22H23N3O/c1-17-21(22(26)25(23-17)20-8-4-2-5-9-20)16-18-10-12-19(13-11-18)24-14-6-3-7-15-24/h2,4-5,8-13,16H,3,6-7,14-15H2,1H3/b21-16+. The van der Waals surface area contributed by atoms with Crippen molar-refractivity contribution in [2.45, 2.75) is 26.2 Å². The highest BCUT2D eigenvalue weighted by Gasteiger charge is 2.28. The van der Waals surface area contributed by atoms with Crippen LogP contribution in [0.4, 0.5) is 11.4 Å². The van der Waals surface area contributed by atoms with Crippen LogP contribution in [-0.4, -0.2) is 24.7 Å². The number of hydrogen-bond donors (Lipinski definition) is 0. The molecule has 1 amide bonds. The molecule has 0 aromatic heterocycles. The first-order valence-electron chi connectivity index (χ1n) is 9.24. The molecule has 0 spiro atoms. The van der Waals surface area contributed by atoms with Crippen LogP contribution in [0.3, 0.4) is 0 Å². The number of carbonyl (C=O) groups is 1. The first-order chi connectivity index (χ1) is 12.7. The van der Waals surface area contributed by atoms with Crippen molar-refractivity contribution < 1.29 is 4.79 Å². The van der Waals surface area contributed by atoms with Gasteiger partial charge in [-0.05, 0) is 62.1 Å². The van der Waals surface area contributed by atoms with E-state index in [1.54, 1.807) is 0 Å². The normalized spacial score (nSPS) is 19.2. The molecule has 1 fully saturated rings. The monoisotopic (exact) mass is 345 g/mol. The van der Waals surface area contributed by atoms with Gasteiger partial charge in [0.1, 0.15) is 0 Å². The van der Waals surface area contributed by atoms with Crippen molar-refractivity contribution in [3.63, 3.8) is 0 Å². The Balaban J connectivity index is 1.54. The first kappa shape index (κ1) is 16.6. The molecule has 0 bridgehead atoms. The van der Waals surface area contributed by atoms with Gasteiger partial charge < -0.3 is 4.90 Å². The third kappa shape index (κ3) is 3.27. The number of benzene rings is 2. The Hall–Kier alpha value is -2.88. The van der Waals surface area contributed by atoms with Crippen molar-refractivity contribution in [2.75, 3.05) is 23.0 Å². The quantitative estimate of drug-likeness (QED) is 0.769. The maximum atomic E-state index is 12.8. The molecule has 0 unspecified atom stereocenters. The zero-order valence-electron chi connectivity index (χ0n) is 15.1. The molecule has 0 saturated carbocycles. The smallest absolute Gasteiger partial charge is 0.280 e. The Bertz CT molecular complexity index is 847. The van der Waals surface area contributed by atoms with Crippen LogP contribution >= 0.6 is 0 Å². The molecule has 26 heavy (non-hydrogen) atoms. The lowest BCUT2D eigenvalue weighted by Crippen LogP contribution is -2.29. The Labute approximate surface area is 154 Å². The van der Waals surface area contributed by atoms with Gasteiger partial charge in [0.15, 0.2) is 0 Å². The highest BCUT2D eigenvalue weighted by molar-refractivity contribution is 6.32. The van der Waals surface area contributed by atoms with E-state index in [9.17, 15) is 4.79 Å². The van der Waals surface area contributed by atoms with Gasteiger partial charge in [-0.3, -0.25) is 4.79 Å². The maximum Gasteiger partial charge on any atom is 0.280 e. The molecule has 0 radical (unpaired) electrons. The lowest BCUT2D eigenvalue weighted by atomic mass is 10.1. The molecule has 0 aliphatic carbocycles. The van der Waals surface area contributed by atoms with Crippen LogP contribution < -0.4 is 9.91 Å². The molecular formula is C22H23N3O. The second-order valence-electron chi connectivity index (χ2n) is 6.84. The number of para-hydroxylation sites is 1. The Kier molecular flexibility index (Phi) is 4.57. The van der Waals surface area contributed by atoms with E-state index in [2.05, 4.69) is 34.3 Å². The molecule has 132 valence electrons. The molecule has 2 aliphatic heterocycles. The van der Waals surface area contributed by atoms with Crippen molar-refractivity contribution >= 4 is 29.1 Å². The van der Waals surface area contributed by atoms with Crippen LogP contribution in [0.5, 0.6) is 0 Å². The second kappa shape index (κ2) is 7.16. The van der Waals surface area contributed by atoms with Gasteiger partial charge in [-0.1, -0.05) is 30.3 Å². The van der Waals surface area contributed by atoms with Crippen molar-refractivity contribution in [2.24, 2.45) is 5.10 Å². The van der Waals surface area contributed by atoms with Crippen LogP contribution in [0, 0.1) is 0 Å². The zero-order valence-corrected chi connectivity index (χ0v) is 15.1. The SMILES string of the molecule is CC1=NN(c2ccccc2)C(=O)/C1=C/c1ccc(N2CCCCC2)cc1. The lowest BCUT2D eigenvalue weighted by Gasteiger charge is -2.28. The first-order valence-corrected chi connectivity index (χ1v) is 9.24. The van der Waals surface area contributed by atoms with Crippen molar-refractivity contribution in [1.82, 2.24) is 0 Å². The molecule has 2 aliphatic rings. The molecule has 4 nitrogen and oxygen atoms in total. The third-order valence-corrected chi connectivity index (χ3v) is 4.99. The molecule has 4 heteroatoms. The van der Waals surface area contributed by atoms with E-state index < -0.39 is 0 Å². The zero-order chi connectivity index (χ0) is 17.9. The van der Waals surface area contributed by atoms with Gasteiger partial charge in [0, 0.05) is 18.8 Å². The molecule has 2 aromatic rings. The minimum Gasteiger partial charge on any atom is -0.372 e. The van der Waals surface area contributed by atoms with Gasteiger partial charge in [-0.2, -0.15) is 10.1 Å². The summed E-state index contributed by atoms with van der Waals surface area (Å²) in [6, 6.07) is 18.0. The number of rotatable bonds is 3. The molecule has 2 aromatic carbocycles. The summed E-state index contributed by atoms with van der Waals surface area (Å²) in [6.45, 7) is 4.15. The Morgan fingerprint density at radius 1 is 0.885 bits per heavy atom. The van der Waals surface area contributed by atoms with Gasteiger partial charge in [0.25, 0.3) is 5.91 Å². The highest BCUT2D eigenvalue weighted by atomic mass is 16.2. The van der Waals surface area contributed by atoms with Gasteiger partial charge in [0.05, 0.1) is 17.0 Å². The fourth-order valence-electron chi connectivity index (χ4n) is 3.53. The van der Waals surface area contributed by atoms with Crippen LogP contribution in [0.1, 0.15) is 31.7 Å². The molecule has 1 saturated heterocycles. The molecule has 4 rings (SSSR count). The van der Waals surface area contributed by atoms with Gasteiger partial charge in [-0.15, -0.1) is 0 Å². The average molecular weight is 345 g/mol. The average Bonchev–Trinajstić information content (AvgIpc) is 2.98. The van der Waals surface area contributed by atoms with E-state index in [4.69, 9.17) is 0 Å². The summed E-state index contributed by atoms with van der Waals surface area (Å²) in [5.41, 5.74) is 4.48. The van der Waals surface area contributed by atoms with Crippen molar-refractivity contribution in [3.05, 3.63) is 65.7 Å². The molecular weight excluding hydrogens is 322 g/mol. The summed E-state index contributed by atoms with van der Waals surface area (Å²) in [5, 5.41) is 5.91. The topological polar surface area (TPSA) is 35.9 Å². The van der Waals surface area contributed by atoms with Crippen LogP contribution in [-0.2, 0) is 4.79 Å². The number of amides is 1. The summed E-state index contributed by atoms with van der Waals surface area (Å²) in [7, 11) is 0. The van der Waals surface area contributed by atoms with Gasteiger partial charge in [0.2, 0.25) is 0 Å². The van der Waals surface area contributed by atoms with E-state index >= 15 is 0 Å². The predicted molar refractivity (Wildman–Crippen MR) is 108 cm³/mol. The van der Waals surface area contributed by atoms with E-state index in [1.807, 2.05) is 43.3 Å². The maximum absolute atomic E-state index is 12.8. The predicted octanol–water partition coefficient (Wildman–Crippen LogP) is 4.48. The highest BCUT2D eigenvalue weighted by Crippen LogP contribution is 2.26. The number of piperidine rings is 1. The van der Waals surface area contributed by atoms with Crippen LogP contribution in [0.25, 0.3) is 6.08 Å². The second-order valence-corrected chi connectivity index (χ2v) is 6.84. The molecule has 0 N–H and O–H groups in total. The lowest BCUT2D eigenvalue weighted by molar-refractivity contribution is -0.114. The summed E-state index contributed by atoms with van der Waals surface area (Å²) in [4.78, 5) is 15.2. The minimum atomic E-state index is -0.0752. The number of hydrazone groups is 1. The summed E-state index contributed by atoms with van der Waals surface area (Å²) in [5.74, 6) is -0.0752. The third-order valence-electron chi connectivity index (χ3n) is 4.99. The van der Waals surface area contributed by atoms with E-state index in [0.717, 1.165) is 30.1 Å². The van der Waals surface area contributed by atoms with Crippen LogP contribution in [0.2, 0.25) is 0 Å². The summed E-state index contributed by atoms with van der Waals surface area (Å²) >= 11 is 0. The van der Waals surface area contributed by atoms with Crippen molar-refractivity contribution in [1.29, 1.82) is 0 Å². The summed E-state index contributed by atoms with van der Waals surface area (Å²) < 4.78 is 0. The molecule has 2 heterocycles. The van der Waals surface area contributed by atoms with Crippen LogP contribution in [0.15, 0.2) is 65.3 Å². The van der Waals surface area contributed by atoms with E-state index in [1.165, 1.54) is 30.0 Å². The van der Waals surface area contributed by atoms with Gasteiger partial charge >= 0.3 is 0 Å². The van der Waals surface area contributed by atoms with E-state index in [-0.39, 0.29) is 5.91 Å². The number of carbonyl (C=O) groups excluding carboxylic acids is 1. The summed E-state index contributed by atoms with van der Waals surface area (Å²) in [6.07, 6.45) is 5.81. The number of nitrogens with zero attached hydrogens (tertiary/aromatic N) is 3. The number of anilines is 2. The fraction of sp³-hybridized carbons (Fsp3) is 0.273. The van der Waals surface area contributed by atoms with Gasteiger partial charge in [-0.25, -0.2) is 0 Å². The van der Waals surface area contributed by atoms with Crippen molar-refractivity contribution in [3.8, 4) is 0 Å². The minimum absolute atomic E-state index is 0.0752.